The van der Waals surface area contributed by atoms with Crippen molar-refractivity contribution in [2.24, 2.45) is 50.7 Å². The SMILES string of the molecule is CC(=O)OC(C)(C)[C@H]1O[C@@]23O[C@@H]1C[C@@H](C)[C@@H]2[C@@]1(C)CC[C@@]24C[C@@]25CC[C@H](O[C@@H]2OC[C@@H](O)[C@H](O[C@@H]6O[C@H](CO)[C@@H](O)[C@H](O)[C@H]6O)[C@H]2O)C(C)(C)[C@@H]5CC[C@H]4[C@]1(C)[C@H]3O. The second-order valence-corrected chi connectivity index (χ2v) is 21.6. The largest absolute Gasteiger partial charge is 0.457 e. The molecule has 0 aromatic heterocycles. The molecule has 15 nitrogen and oxygen atoms in total. The van der Waals surface area contributed by atoms with E-state index < -0.39 is 90.9 Å². The first-order chi connectivity index (χ1) is 27.1. The number of esters is 1. The quantitative estimate of drug-likeness (QED) is 0.143. The molecule has 0 radical (unpaired) electrons. The van der Waals surface area contributed by atoms with Crippen molar-refractivity contribution in [1.29, 1.82) is 0 Å². The maximum Gasteiger partial charge on any atom is 0.303 e. The fraction of sp³-hybridized carbons (Fsp3) is 0.977. The summed E-state index contributed by atoms with van der Waals surface area (Å²) < 4.78 is 43.7. The zero-order chi connectivity index (χ0) is 41.9. The Kier molecular flexibility index (Phi) is 9.82. The van der Waals surface area contributed by atoms with Crippen LogP contribution in [0.25, 0.3) is 0 Å². The van der Waals surface area contributed by atoms with E-state index in [1.165, 1.54) is 6.92 Å². The summed E-state index contributed by atoms with van der Waals surface area (Å²) in [7, 11) is 0. The van der Waals surface area contributed by atoms with Gasteiger partial charge in [-0.15, -0.1) is 0 Å². The Bertz CT molecular complexity index is 1620. The minimum atomic E-state index is -1.70. The molecule has 5 saturated carbocycles. The molecule has 9 fully saturated rings. The van der Waals surface area contributed by atoms with Crippen molar-refractivity contribution in [3.63, 3.8) is 0 Å². The minimum Gasteiger partial charge on any atom is -0.457 e. The molecule has 330 valence electrons. The fourth-order valence-corrected chi connectivity index (χ4v) is 15.9. The van der Waals surface area contributed by atoms with Crippen LogP contribution < -0.4 is 0 Å². The van der Waals surface area contributed by atoms with Gasteiger partial charge in [0.15, 0.2) is 18.4 Å². The van der Waals surface area contributed by atoms with Crippen molar-refractivity contribution in [2.45, 2.75) is 198 Å². The van der Waals surface area contributed by atoms with Crippen LogP contribution in [-0.4, -0.2) is 146 Å². The van der Waals surface area contributed by atoms with Crippen LogP contribution in [0.4, 0.5) is 0 Å². The third kappa shape index (κ3) is 5.35. The lowest BCUT2D eigenvalue weighted by molar-refractivity contribution is -0.356. The fourth-order valence-electron chi connectivity index (χ4n) is 15.9. The van der Waals surface area contributed by atoms with Crippen molar-refractivity contribution in [3.8, 4) is 0 Å². The third-order valence-electron chi connectivity index (χ3n) is 18.4. The third-order valence-corrected chi connectivity index (χ3v) is 18.4. The lowest BCUT2D eigenvalue weighted by Crippen LogP contribution is -2.63. The number of aliphatic hydroxyl groups is 7. The lowest BCUT2D eigenvalue weighted by Gasteiger charge is -2.63. The van der Waals surface area contributed by atoms with Gasteiger partial charge < -0.3 is 68.9 Å². The van der Waals surface area contributed by atoms with Gasteiger partial charge in [-0.2, -0.15) is 0 Å². The molecular weight excluding hydrogens is 756 g/mol. The van der Waals surface area contributed by atoms with E-state index in [0.717, 1.165) is 51.4 Å². The molecule has 4 heterocycles. The van der Waals surface area contributed by atoms with E-state index in [4.69, 9.17) is 33.2 Å². The number of fused-ring (bicyclic) bond motifs is 4. The molecule has 22 atom stereocenters. The molecule has 0 amide bonds. The molecule has 15 heteroatoms. The normalized spacial score (nSPS) is 57.9. The molecular formula is C43H68O15. The lowest BCUT2D eigenvalue weighted by atomic mass is 9.41. The van der Waals surface area contributed by atoms with Crippen LogP contribution in [0.1, 0.15) is 107 Å². The molecule has 0 aromatic carbocycles. The van der Waals surface area contributed by atoms with Crippen LogP contribution in [-0.2, 0) is 38.0 Å². The average Bonchev–Trinajstić information content (AvgIpc) is 3.66. The van der Waals surface area contributed by atoms with Gasteiger partial charge in [-0.3, -0.25) is 4.79 Å². The summed E-state index contributed by atoms with van der Waals surface area (Å²) in [4.78, 5) is 12.2. The molecule has 9 aliphatic rings. The summed E-state index contributed by atoms with van der Waals surface area (Å²) in [6.07, 6.45) is -7.44. The molecule has 4 saturated heterocycles. The molecule has 2 bridgehead atoms. The van der Waals surface area contributed by atoms with E-state index in [9.17, 15) is 40.5 Å². The monoisotopic (exact) mass is 824 g/mol. The topological polar surface area (TPSA) is 223 Å². The number of ether oxygens (including phenoxy) is 7. The molecule has 4 aliphatic heterocycles. The van der Waals surface area contributed by atoms with Gasteiger partial charge in [0, 0.05) is 18.3 Å². The van der Waals surface area contributed by atoms with E-state index in [2.05, 4.69) is 34.6 Å². The van der Waals surface area contributed by atoms with Crippen LogP contribution in [0.5, 0.6) is 0 Å². The van der Waals surface area contributed by atoms with E-state index in [0.29, 0.717) is 5.92 Å². The van der Waals surface area contributed by atoms with Gasteiger partial charge in [0.25, 0.3) is 0 Å². The molecule has 7 N–H and O–H groups in total. The molecule has 0 aromatic rings. The maximum absolute atomic E-state index is 12.9. The van der Waals surface area contributed by atoms with Crippen molar-refractivity contribution >= 4 is 5.97 Å². The first-order valence-corrected chi connectivity index (χ1v) is 21.9. The van der Waals surface area contributed by atoms with Gasteiger partial charge in [-0.1, -0.05) is 34.6 Å². The van der Waals surface area contributed by atoms with Crippen molar-refractivity contribution in [3.05, 3.63) is 0 Å². The van der Waals surface area contributed by atoms with Crippen molar-refractivity contribution in [1.82, 2.24) is 0 Å². The predicted octanol–water partition coefficient (Wildman–Crippen LogP) is 1.52. The van der Waals surface area contributed by atoms with Crippen LogP contribution in [0, 0.1) is 50.7 Å². The van der Waals surface area contributed by atoms with Gasteiger partial charge >= 0.3 is 5.97 Å². The molecule has 5 aliphatic carbocycles. The van der Waals surface area contributed by atoms with Gasteiger partial charge in [0.1, 0.15) is 60.5 Å². The highest BCUT2D eigenvalue weighted by atomic mass is 16.8. The summed E-state index contributed by atoms with van der Waals surface area (Å²) >= 11 is 0. The first kappa shape index (κ1) is 42.3. The summed E-state index contributed by atoms with van der Waals surface area (Å²) in [6, 6.07) is 0. The summed E-state index contributed by atoms with van der Waals surface area (Å²) in [6.45, 7) is 15.8. The van der Waals surface area contributed by atoms with Crippen LogP contribution in [0.15, 0.2) is 0 Å². The summed E-state index contributed by atoms with van der Waals surface area (Å²) in [5.74, 6) is -0.767. The second kappa shape index (κ2) is 13.5. The van der Waals surface area contributed by atoms with Crippen molar-refractivity contribution in [2.75, 3.05) is 13.2 Å². The van der Waals surface area contributed by atoms with Crippen LogP contribution >= 0.6 is 0 Å². The molecule has 58 heavy (non-hydrogen) atoms. The Labute approximate surface area is 341 Å². The Morgan fingerprint density at radius 2 is 1.52 bits per heavy atom. The van der Waals surface area contributed by atoms with E-state index in [1.807, 2.05) is 13.8 Å². The second-order valence-electron chi connectivity index (χ2n) is 21.6. The smallest absolute Gasteiger partial charge is 0.303 e. The van der Waals surface area contributed by atoms with Crippen molar-refractivity contribution < 1.29 is 73.7 Å². The van der Waals surface area contributed by atoms with Gasteiger partial charge in [0.2, 0.25) is 0 Å². The van der Waals surface area contributed by atoms with Gasteiger partial charge in [-0.25, -0.2) is 0 Å². The van der Waals surface area contributed by atoms with Crippen LogP contribution in [0.3, 0.4) is 0 Å². The van der Waals surface area contributed by atoms with E-state index in [1.54, 1.807) is 0 Å². The molecule has 0 unspecified atom stereocenters. The molecule has 9 rings (SSSR count). The highest BCUT2D eigenvalue weighted by Gasteiger charge is 2.88. The Hall–Kier alpha value is -1.05. The van der Waals surface area contributed by atoms with Gasteiger partial charge in [0.05, 0.1) is 25.4 Å². The number of carbonyl (C=O) groups excluding carboxylic acids is 1. The number of rotatable bonds is 7. The zero-order valence-corrected chi connectivity index (χ0v) is 35.3. The van der Waals surface area contributed by atoms with Gasteiger partial charge in [-0.05, 0) is 105 Å². The zero-order valence-electron chi connectivity index (χ0n) is 35.3. The average molecular weight is 825 g/mol. The predicted molar refractivity (Wildman–Crippen MR) is 201 cm³/mol. The number of hydrogen-bond donors (Lipinski definition) is 7. The Balaban J connectivity index is 0.933. The number of aliphatic hydroxyl groups excluding tert-OH is 7. The first-order valence-electron chi connectivity index (χ1n) is 21.9. The minimum absolute atomic E-state index is 0.0197. The number of hydrogen-bond acceptors (Lipinski definition) is 15. The number of carbonyl (C=O) groups is 1. The highest BCUT2D eigenvalue weighted by molar-refractivity contribution is 5.66. The van der Waals surface area contributed by atoms with E-state index in [-0.39, 0.29) is 64.2 Å². The molecule has 3 spiro atoms. The highest BCUT2D eigenvalue weighted by Crippen LogP contribution is 2.90. The summed E-state index contributed by atoms with van der Waals surface area (Å²) in [5, 5.41) is 76.0. The Morgan fingerprint density at radius 3 is 2.21 bits per heavy atom. The van der Waals surface area contributed by atoms with E-state index >= 15 is 0 Å². The standard InChI is InChI=1S/C43H68O15/c1-19-15-22-33(38(5,6)56-20(2)45)58-43(57-22)32(19)39(7)13-14-42-18-41(42)12-11-26(37(3,4)24(41)9-10-25(42)40(39,8)36(43)51)54-34-30(50)31(21(46)17-52-34)55-35-29(49)28(48)27(47)23(16-44)53-35/h19,21-36,44,46-51H,9-18H2,1-8H3/t19-,21-,22-,23-,24+,25+,26+,27-,28+,29-,30-,31+,32-,33+,34+,35+,36-,39-,40-,41-,42+,43+/m1/s1. The maximum atomic E-state index is 12.9. The van der Waals surface area contributed by atoms with Crippen LogP contribution in [0.2, 0.25) is 0 Å². The Morgan fingerprint density at radius 1 is 0.828 bits per heavy atom. The summed E-state index contributed by atoms with van der Waals surface area (Å²) in [5.41, 5.74) is -1.86.